The lowest BCUT2D eigenvalue weighted by atomic mass is 9.88. The minimum absolute atomic E-state index is 0.00577. The molecule has 2 fully saturated rings. The molecule has 2 saturated heterocycles. The molecule has 2 amide bonds. The van der Waals surface area contributed by atoms with E-state index in [9.17, 15) is 14.0 Å². The molecule has 0 aliphatic carbocycles. The van der Waals surface area contributed by atoms with Gasteiger partial charge < -0.3 is 15.0 Å². The van der Waals surface area contributed by atoms with Gasteiger partial charge in [0.15, 0.2) is 0 Å². The zero-order chi connectivity index (χ0) is 15.7. The van der Waals surface area contributed by atoms with E-state index in [2.05, 4.69) is 5.32 Å². The number of halogens is 1. The van der Waals surface area contributed by atoms with Crippen LogP contribution in [0.25, 0.3) is 0 Å². The molecule has 0 unspecified atom stereocenters. The molecule has 0 radical (unpaired) electrons. The van der Waals surface area contributed by atoms with Gasteiger partial charge in [-0.3, -0.25) is 9.59 Å². The normalized spacial score (nSPS) is 26.0. The summed E-state index contributed by atoms with van der Waals surface area (Å²) in [6.07, 6.45) is 2.90. The van der Waals surface area contributed by atoms with Crippen LogP contribution in [0.2, 0.25) is 0 Å². The fourth-order valence-corrected chi connectivity index (χ4v) is 3.24. The lowest BCUT2D eigenvalue weighted by molar-refractivity contribution is -0.138. The minimum atomic E-state index is -0.415. The van der Waals surface area contributed by atoms with E-state index in [-0.39, 0.29) is 36.5 Å². The zero-order valence-corrected chi connectivity index (χ0v) is 12.4. The number of hydrogen-bond acceptors (Lipinski definition) is 3. The number of fused-ring (bicyclic) bond motifs is 2. The molecule has 5 nitrogen and oxygen atoms in total. The summed E-state index contributed by atoms with van der Waals surface area (Å²) < 4.78 is 18.7. The van der Waals surface area contributed by atoms with Crippen LogP contribution in [0.3, 0.4) is 0 Å². The highest BCUT2D eigenvalue weighted by molar-refractivity contribution is 5.94. The Morgan fingerprint density at radius 3 is 2.86 bits per heavy atom. The van der Waals surface area contributed by atoms with Gasteiger partial charge in [0.05, 0.1) is 24.7 Å². The van der Waals surface area contributed by atoms with Gasteiger partial charge in [-0.1, -0.05) is 6.07 Å². The first kappa shape index (κ1) is 15.0. The van der Waals surface area contributed by atoms with Crippen LogP contribution in [0.4, 0.5) is 10.1 Å². The third kappa shape index (κ3) is 3.11. The molecular formula is C16H19FN2O3. The smallest absolute Gasteiger partial charge is 0.243 e. The van der Waals surface area contributed by atoms with Crippen LogP contribution >= 0.6 is 0 Å². The van der Waals surface area contributed by atoms with E-state index in [1.807, 2.05) is 0 Å². The predicted octanol–water partition coefficient (Wildman–Crippen LogP) is 1.79. The van der Waals surface area contributed by atoms with E-state index < -0.39 is 5.82 Å². The van der Waals surface area contributed by atoms with E-state index in [0.29, 0.717) is 5.69 Å². The van der Waals surface area contributed by atoms with Crippen LogP contribution in [0.15, 0.2) is 24.3 Å². The van der Waals surface area contributed by atoms with Gasteiger partial charge >= 0.3 is 0 Å². The summed E-state index contributed by atoms with van der Waals surface area (Å²) in [4.78, 5) is 25.8. The molecule has 0 spiro atoms. The summed E-state index contributed by atoms with van der Waals surface area (Å²) in [6.45, 7) is -0.0523. The number of carbonyl (C=O) groups is 2. The van der Waals surface area contributed by atoms with Crippen molar-refractivity contribution in [2.45, 2.75) is 31.5 Å². The Labute approximate surface area is 128 Å². The summed E-state index contributed by atoms with van der Waals surface area (Å²) in [7, 11) is 1.61. The van der Waals surface area contributed by atoms with Crippen molar-refractivity contribution in [3.05, 3.63) is 30.1 Å². The van der Waals surface area contributed by atoms with Crippen molar-refractivity contribution in [2.75, 3.05) is 18.9 Å². The number of hydrogen-bond donors (Lipinski definition) is 1. The van der Waals surface area contributed by atoms with E-state index >= 15 is 0 Å². The van der Waals surface area contributed by atoms with Crippen molar-refractivity contribution < 1.29 is 18.7 Å². The van der Waals surface area contributed by atoms with Crippen LogP contribution in [0, 0.1) is 11.7 Å². The molecule has 3 atom stereocenters. The fourth-order valence-electron chi connectivity index (χ4n) is 3.24. The maximum absolute atomic E-state index is 13.1. The van der Waals surface area contributed by atoms with Crippen LogP contribution in [-0.2, 0) is 14.3 Å². The Kier molecular flexibility index (Phi) is 4.11. The number of ether oxygens (including phenoxy) is 1. The van der Waals surface area contributed by atoms with Gasteiger partial charge in [-0.15, -0.1) is 0 Å². The molecule has 0 aromatic heterocycles. The SMILES string of the molecule is CN(CC(=O)Nc1cccc(F)c1)C(=O)[C@@H]1C[C@H]2CC[C@H]1O2. The Hall–Kier alpha value is -1.95. The molecule has 6 heteroatoms. The Bertz CT molecular complexity index is 593. The maximum atomic E-state index is 13.1. The van der Waals surface area contributed by atoms with Crippen LogP contribution in [0.1, 0.15) is 19.3 Å². The van der Waals surface area contributed by atoms with Crippen molar-refractivity contribution in [1.82, 2.24) is 4.90 Å². The van der Waals surface area contributed by atoms with Gasteiger partial charge in [-0.05, 0) is 37.5 Å². The molecule has 2 aliphatic rings. The Balaban J connectivity index is 1.53. The second kappa shape index (κ2) is 6.04. The van der Waals surface area contributed by atoms with Gasteiger partial charge in [0, 0.05) is 12.7 Å². The summed E-state index contributed by atoms with van der Waals surface area (Å²) in [5.41, 5.74) is 0.383. The molecule has 0 saturated carbocycles. The van der Waals surface area contributed by atoms with E-state index in [1.54, 1.807) is 13.1 Å². The van der Waals surface area contributed by atoms with Gasteiger partial charge in [0.25, 0.3) is 0 Å². The molecule has 2 heterocycles. The lowest BCUT2D eigenvalue weighted by Crippen LogP contribution is -2.41. The highest BCUT2D eigenvalue weighted by Gasteiger charge is 2.45. The van der Waals surface area contributed by atoms with E-state index in [0.717, 1.165) is 19.3 Å². The second-order valence-electron chi connectivity index (χ2n) is 5.97. The van der Waals surface area contributed by atoms with Gasteiger partial charge in [-0.25, -0.2) is 4.39 Å². The zero-order valence-electron chi connectivity index (χ0n) is 12.4. The van der Waals surface area contributed by atoms with Crippen molar-refractivity contribution in [1.29, 1.82) is 0 Å². The van der Waals surface area contributed by atoms with Crippen molar-refractivity contribution >= 4 is 17.5 Å². The first-order valence-corrected chi connectivity index (χ1v) is 7.49. The van der Waals surface area contributed by atoms with Crippen LogP contribution in [-0.4, -0.2) is 42.5 Å². The first-order chi connectivity index (χ1) is 10.5. The Morgan fingerprint density at radius 1 is 1.41 bits per heavy atom. The number of rotatable bonds is 4. The average molecular weight is 306 g/mol. The number of benzene rings is 1. The summed E-state index contributed by atoms with van der Waals surface area (Å²) in [5.74, 6) is -0.945. The number of carbonyl (C=O) groups excluding carboxylic acids is 2. The standard InChI is InChI=1S/C16H19FN2O3/c1-19(16(21)13-8-12-5-6-14(13)22-12)9-15(20)18-11-4-2-3-10(17)7-11/h2-4,7,12-14H,5-6,8-9H2,1H3,(H,18,20)/t12-,13-,14-/m1/s1. The molecule has 1 aromatic carbocycles. The van der Waals surface area contributed by atoms with E-state index in [4.69, 9.17) is 4.74 Å². The molecule has 2 bridgehead atoms. The average Bonchev–Trinajstić information content (AvgIpc) is 3.08. The fraction of sp³-hybridized carbons (Fsp3) is 0.500. The third-order valence-corrected chi connectivity index (χ3v) is 4.29. The van der Waals surface area contributed by atoms with Crippen molar-refractivity contribution in [2.24, 2.45) is 5.92 Å². The molecule has 1 aromatic rings. The molecule has 22 heavy (non-hydrogen) atoms. The summed E-state index contributed by atoms with van der Waals surface area (Å²) in [6, 6.07) is 5.67. The number of anilines is 1. The number of likely N-dealkylation sites (N-methyl/N-ethyl adjacent to an activating group) is 1. The monoisotopic (exact) mass is 306 g/mol. The summed E-state index contributed by atoms with van der Waals surface area (Å²) in [5, 5.41) is 2.59. The predicted molar refractivity (Wildman–Crippen MR) is 78.7 cm³/mol. The Morgan fingerprint density at radius 2 is 2.23 bits per heavy atom. The van der Waals surface area contributed by atoms with Crippen molar-refractivity contribution in [3.63, 3.8) is 0 Å². The first-order valence-electron chi connectivity index (χ1n) is 7.49. The van der Waals surface area contributed by atoms with Gasteiger partial charge in [0.2, 0.25) is 11.8 Å². The second-order valence-corrected chi connectivity index (χ2v) is 5.97. The molecule has 3 rings (SSSR count). The van der Waals surface area contributed by atoms with Gasteiger partial charge in [0.1, 0.15) is 5.82 Å². The summed E-state index contributed by atoms with van der Waals surface area (Å²) >= 11 is 0. The molecule has 2 aliphatic heterocycles. The largest absolute Gasteiger partial charge is 0.374 e. The molecule has 1 N–H and O–H groups in total. The number of amides is 2. The third-order valence-electron chi connectivity index (χ3n) is 4.29. The van der Waals surface area contributed by atoms with E-state index in [1.165, 1.54) is 23.1 Å². The number of nitrogens with one attached hydrogen (secondary N) is 1. The molecule has 118 valence electrons. The highest BCUT2D eigenvalue weighted by atomic mass is 19.1. The maximum Gasteiger partial charge on any atom is 0.243 e. The number of nitrogens with zero attached hydrogens (tertiary/aromatic N) is 1. The van der Waals surface area contributed by atoms with Gasteiger partial charge in [-0.2, -0.15) is 0 Å². The quantitative estimate of drug-likeness (QED) is 0.922. The highest BCUT2D eigenvalue weighted by Crippen LogP contribution is 2.39. The van der Waals surface area contributed by atoms with Crippen LogP contribution in [0.5, 0.6) is 0 Å². The lowest BCUT2D eigenvalue weighted by Gasteiger charge is -2.24. The van der Waals surface area contributed by atoms with Crippen molar-refractivity contribution in [3.8, 4) is 0 Å². The topological polar surface area (TPSA) is 58.6 Å². The van der Waals surface area contributed by atoms with Crippen LogP contribution < -0.4 is 5.32 Å². The minimum Gasteiger partial charge on any atom is -0.374 e. The molecular weight excluding hydrogens is 287 g/mol.